The number of benzene rings is 2. The Morgan fingerprint density at radius 2 is 1.00 bits per heavy atom. The van der Waals surface area contributed by atoms with E-state index in [2.05, 4.69) is 39.3 Å². The zero-order chi connectivity index (χ0) is 21.8. The second-order valence-corrected chi connectivity index (χ2v) is 28.6. The minimum Gasteiger partial charge on any atom is -0.319 e. The molecule has 0 spiro atoms. The van der Waals surface area contributed by atoms with Gasteiger partial charge < -0.3 is 9.13 Å². The molecule has 0 N–H and O–H groups in total. The summed E-state index contributed by atoms with van der Waals surface area (Å²) in [6.07, 6.45) is 1.85. The summed E-state index contributed by atoms with van der Waals surface area (Å²) in [4.78, 5) is 0. The molecule has 0 radical (unpaired) electrons. The van der Waals surface area contributed by atoms with Gasteiger partial charge in [0.2, 0.25) is 0 Å². The summed E-state index contributed by atoms with van der Waals surface area (Å²) in [5.74, 6) is 0.785. The van der Waals surface area contributed by atoms with Crippen LogP contribution in [0.5, 0.6) is 0 Å². The summed E-state index contributed by atoms with van der Waals surface area (Å²) >= 11 is 0. The van der Waals surface area contributed by atoms with Gasteiger partial charge in [-0.15, -0.1) is 0 Å². The van der Waals surface area contributed by atoms with Crippen LogP contribution < -0.4 is 10.6 Å². The lowest BCUT2D eigenvalue weighted by atomic mass is 10.4. The van der Waals surface area contributed by atoms with Crippen LogP contribution in [0.4, 0.5) is 0 Å². The van der Waals surface area contributed by atoms with Crippen molar-refractivity contribution >= 4 is 41.0 Å². The van der Waals surface area contributed by atoms with Crippen LogP contribution in [0.2, 0.25) is 45.3 Å². The van der Waals surface area contributed by atoms with Crippen molar-refractivity contribution in [3.8, 4) is 0 Å². The van der Waals surface area contributed by atoms with E-state index < -0.39 is 30.4 Å². The lowest BCUT2D eigenvalue weighted by molar-refractivity contribution is 0.577. The highest BCUT2D eigenvalue weighted by molar-refractivity contribution is 7.76. The van der Waals surface area contributed by atoms with Gasteiger partial charge in [0.05, 0.1) is 8.07 Å². The molecule has 0 aromatic heterocycles. The number of hydrogen-bond donors (Lipinski definition) is 0. The van der Waals surface area contributed by atoms with E-state index in [1.807, 2.05) is 60.7 Å². The van der Waals surface area contributed by atoms with Crippen molar-refractivity contribution < 1.29 is 9.13 Å². The summed E-state index contributed by atoms with van der Waals surface area (Å²) in [6.45, 7) is 13.9. The highest BCUT2D eigenvalue weighted by Crippen LogP contribution is 2.53. The SMILES string of the molecule is C[Si](C)(C)CCP(=O)(CCP(=O)(C[Si](C)(C)C)c1ccccc1)c1ccccc1. The Morgan fingerprint density at radius 3 is 1.41 bits per heavy atom. The molecule has 0 fully saturated rings. The lowest BCUT2D eigenvalue weighted by Gasteiger charge is -2.29. The molecule has 0 amide bonds. The average molecular weight is 465 g/mol. The topological polar surface area (TPSA) is 34.1 Å². The molecule has 6 heteroatoms. The summed E-state index contributed by atoms with van der Waals surface area (Å²) < 4.78 is 28.4. The molecule has 2 unspecified atom stereocenters. The van der Waals surface area contributed by atoms with E-state index in [9.17, 15) is 9.13 Å². The van der Waals surface area contributed by atoms with Gasteiger partial charge in [0.15, 0.2) is 0 Å². The molecule has 0 aliphatic rings. The fourth-order valence-corrected chi connectivity index (χ4v) is 20.3. The molecule has 2 aromatic carbocycles. The van der Waals surface area contributed by atoms with E-state index in [0.29, 0.717) is 12.3 Å². The Bertz CT molecular complexity index is 869. The second kappa shape index (κ2) is 9.64. The van der Waals surface area contributed by atoms with Gasteiger partial charge >= 0.3 is 0 Å². The third kappa shape index (κ3) is 7.83. The summed E-state index contributed by atoms with van der Waals surface area (Å²) in [6, 6.07) is 21.0. The maximum atomic E-state index is 14.2. The minimum absolute atomic E-state index is 0.554. The Kier molecular flexibility index (Phi) is 8.18. The van der Waals surface area contributed by atoms with Crippen LogP contribution in [0.25, 0.3) is 0 Å². The molecule has 160 valence electrons. The van der Waals surface area contributed by atoms with Crippen LogP contribution in [0, 0.1) is 0 Å². The standard InChI is InChI=1S/C23H38O2P2Si2/c1-28(2,3)20-19-26(24,22-13-9-7-10-14-22)17-18-27(25,21-29(4,5)6)23-15-11-8-12-16-23/h7-16H,17-21H2,1-6H3. The van der Waals surface area contributed by atoms with Crippen LogP contribution in [-0.2, 0) is 9.13 Å². The van der Waals surface area contributed by atoms with E-state index >= 15 is 0 Å². The van der Waals surface area contributed by atoms with Crippen molar-refractivity contribution in [1.29, 1.82) is 0 Å². The minimum atomic E-state index is -2.57. The molecule has 0 saturated carbocycles. The van der Waals surface area contributed by atoms with Crippen LogP contribution in [-0.4, -0.2) is 40.4 Å². The fraction of sp³-hybridized carbons (Fsp3) is 0.478. The molecule has 2 atom stereocenters. The highest BCUT2D eigenvalue weighted by atomic mass is 31.2. The Morgan fingerprint density at radius 1 is 0.586 bits per heavy atom. The van der Waals surface area contributed by atoms with Crippen molar-refractivity contribution in [2.75, 3.05) is 24.3 Å². The zero-order valence-electron chi connectivity index (χ0n) is 19.0. The second-order valence-electron chi connectivity index (χ2n) is 10.6. The first-order valence-corrected chi connectivity index (χ1v) is 22.2. The molecule has 2 rings (SSSR count). The first-order valence-electron chi connectivity index (χ1n) is 10.6. The Labute approximate surface area is 180 Å². The Balaban J connectivity index is 2.35. The molecule has 0 aliphatic carbocycles. The molecule has 2 aromatic rings. The molecule has 0 aliphatic heterocycles. The van der Waals surface area contributed by atoms with Crippen LogP contribution in [0.1, 0.15) is 0 Å². The van der Waals surface area contributed by atoms with Crippen molar-refractivity contribution in [1.82, 2.24) is 0 Å². The largest absolute Gasteiger partial charge is 0.319 e. The van der Waals surface area contributed by atoms with Gasteiger partial charge in [-0.05, 0) is 5.79 Å². The maximum absolute atomic E-state index is 14.2. The third-order valence-corrected chi connectivity index (χ3v) is 18.9. The smallest absolute Gasteiger partial charge is 0.115 e. The van der Waals surface area contributed by atoms with E-state index in [4.69, 9.17) is 0 Å². The van der Waals surface area contributed by atoms with E-state index in [1.54, 1.807) is 0 Å². The predicted molar refractivity (Wildman–Crippen MR) is 138 cm³/mol. The van der Waals surface area contributed by atoms with Gasteiger partial charge in [0.1, 0.15) is 14.3 Å². The first-order chi connectivity index (χ1) is 13.3. The van der Waals surface area contributed by atoms with Crippen LogP contribution >= 0.6 is 14.3 Å². The van der Waals surface area contributed by atoms with Crippen LogP contribution in [0.15, 0.2) is 60.7 Å². The summed E-state index contributed by atoms with van der Waals surface area (Å²) in [5, 5.41) is 1.93. The highest BCUT2D eigenvalue weighted by Gasteiger charge is 2.35. The zero-order valence-corrected chi connectivity index (χ0v) is 22.8. The first kappa shape index (κ1) is 24.6. The fourth-order valence-electron chi connectivity index (χ4n) is 3.67. The number of rotatable bonds is 10. The lowest BCUT2D eigenvalue weighted by Crippen LogP contribution is -2.31. The molecular weight excluding hydrogens is 426 g/mol. The van der Waals surface area contributed by atoms with Crippen molar-refractivity contribution in [3.63, 3.8) is 0 Å². The van der Waals surface area contributed by atoms with Gasteiger partial charge in [-0.2, -0.15) is 0 Å². The van der Waals surface area contributed by atoms with Crippen molar-refractivity contribution in [2.45, 2.75) is 45.3 Å². The van der Waals surface area contributed by atoms with Gasteiger partial charge in [-0.1, -0.05) is 106 Å². The van der Waals surface area contributed by atoms with E-state index in [0.717, 1.165) is 28.6 Å². The van der Waals surface area contributed by atoms with Gasteiger partial charge in [0.25, 0.3) is 0 Å². The normalized spacial score (nSPS) is 16.8. The summed E-state index contributed by atoms with van der Waals surface area (Å²) in [7, 11) is -8.00. The van der Waals surface area contributed by atoms with Crippen LogP contribution in [0.3, 0.4) is 0 Å². The van der Waals surface area contributed by atoms with Gasteiger partial charge in [0, 0.05) is 37.2 Å². The molecule has 0 saturated heterocycles. The van der Waals surface area contributed by atoms with Crippen molar-refractivity contribution in [2.24, 2.45) is 0 Å². The van der Waals surface area contributed by atoms with E-state index in [-0.39, 0.29) is 0 Å². The van der Waals surface area contributed by atoms with Gasteiger partial charge in [-0.3, -0.25) is 0 Å². The Hall–Kier alpha value is -0.666. The molecular formula is C23H38O2P2Si2. The van der Waals surface area contributed by atoms with Gasteiger partial charge in [-0.25, -0.2) is 0 Å². The number of hydrogen-bond acceptors (Lipinski definition) is 2. The maximum Gasteiger partial charge on any atom is 0.115 e. The molecule has 2 nitrogen and oxygen atoms in total. The average Bonchev–Trinajstić information content (AvgIpc) is 2.64. The summed E-state index contributed by atoms with van der Waals surface area (Å²) in [5.41, 5.74) is 0. The molecule has 0 bridgehead atoms. The van der Waals surface area contributed by atoms with E-state index in [1.165, 1.54) is 0 Å². The monoisotopic (exact) mass is 464 g/mol. The predicted octanol–water partition coefficient (Wildman–Crippen LogP) is 6.58. The quantitative estimate of drug-likeness (QED) is 0.294. The molecule has 29 heavy (non-hydrogen) atoms. The third-order valence-electron chi connectivity index (χ3n) is 5.23. The van der Waals surface area contributed by atoms with Crippen molar-refractivity contribution in [3.05, 3.63) is 60.7 Å². The molecule has 0 heterocycles.